The summed E-state index contributed by atoms with van der Waals surface area (Å²) in [6, 6.07) is 0.0311. The molecule has 0 unspecified atom stereocenters. The van der Waals surface area contributed by atoms with E-state index < -0.39 is 11.6 Å². The fourth-order valence-electron chi connectivity index (χ4n) is 3.12. The van der Waals surface area contributed by atoms with Crippen LogP contribution in [0, 0.1) is 5.92 Å². The first-order valence-corrected chi connectivity index (χ1v) is 9.16. The minimum Gasteiger partial charge on any atom is -0.444 e. The van der Waals surface area contributed by atoms with Gasteiger partial charge >= 0.3 is 6.09 Å². The van der Waals surface area contributed by atoms with E-state index in [1.54, 1.807) is 0 Å². The smallest absolute Gasteiger partial charge is 0.410 e. The Morgan fingerprint density at radius 1 is 1.08 bits per heavy atom. The van der Waals surface area contributed by atoms with Crippen LogP contribution in [0.2, 0.25) is 0 Å². The number of rotatable bonds is 4. The number of nitrogens with two attached hydrogens (primary N) is 1. The first kappa shape index (κ1) is 19.0. The molecular weight excluding hydrogens is 306 g/mol. The lowest BCUT2D eigenvalue weighted by molar-refractivity contribution is -0.135. The maximum absolute atomic E-state index is 12.6. The highest BCUT2D eigenvalue weighted by molar-refractivity contribution is 5.82. The Morgan fingerprint density at radius 2 is 1.58 bits per heavy atom. The summed E-state index contributed by atoms with van der Waals surface area (Å²) in [6.07, 6.45) is 3.49. The van der Waals surface area contributed by atoms with Gasteiger partial charge in [-0.2, -0.15) is 0 Å². The van der Waals surface area contributed by atoms with Crippen LogP contribution in [0.15, 0.2) is 0 Å². The van der Waals surface area contributed by atoms with Crippen molar-refractivity contribution in [1.82, 2.24) is 9.80 Å². The van der Waals surface area contributed by atoms with Crippen molar-refractivity contribution < 1.29 is 14.3 Å². The van der Waals surface area contributed by atoms with E-state index in [1.807, 2.05) is 44.4 Å². The number of carbonyl (C=O) groups is 2. The van der Waals surface area contributed by atoms with Crippen LogP contribution in [0.5, 0.6) is 0 Å². The summed E-state index contributed by atoms with van der Waals surface area (Å²) >= 11 is 0. The minimum absolute atomic E-state index is 0.0266. The number of carbonyl (C=O) groups excluding carboxylic acids is 2. The highest BCUT2D eigenvalue weighted by atomic mass is 16.6. The largest absolute Gasteiger partial charge is 0.444 e. The van der Waals surface area contributed by atoms with Gasteiger partial charge in [-0.1, -0.05) is 13.8 Å². The summed E-state index contributed by atoms with van der Waals surface area (Å²) in [5, 5.41) is 0. The maximum atomic E-state index is 12.6. The molecule has 2 amide bonds. The molecule has 2 fully saturated rings. The predicted octanol–water partition coefficient (Wildman–Crippen LogP) is 2.36. The van der Waals surface area contributed by atoms with Crippen molar-refractivity contribution in [2.75, 3.05) is 13.1 Å². The molecule has 2 aliphatic rings. The topological polar surface area (TPSA) is 75.9 Å². The molecule has 2 rings (SSSR count). The van der Waals surface area contributed by atoms with E-state index in [-0.39, 0.29) is 24.0 Å². The Labute approximate surface area is 145 Å². The number of nitrogens with zero attached hydrogens (tertiary/aromatic N) is 2. The molecule has 2 N–H and O–H groups in total. The molecule has 0 radical (unpaired) electrons. The van der Waals surface area contributed by atoms with Crippen molar-refractivity contribution in [2.24, 2.45) is 11.7 Å². The van der Waals surface area contributed by atoms with Crippen molar-refractivity contribution in [3.8, 4) is 0 Å². The van der Waals surface area contributed by atoms with Crippen LogP contribution in [0.1, 0.15) is 60.3 Å². The molecule has 138 valence electrons. The van der Waals surface area contributed by atoms with E-state index >= 15 is 0 Å². The normalized spacial score (nSPS) is 20.9. The molecule has 6 heteroatoms. The van der Waals surface area contributed by atoms with E-state index in [0.29, 0.717) is 19.1 Å². The summed E-state index contributed by atoms with van der Waals surface area (Å²) in [4.78, 5) is 28.7. The number of amides is 2. The molecule has 1 heterocycles. The molecule has 0 aromatic heterocycles. The van der Waals surface area contributed by atoms with Crippen LogP contribution >= 0.6 is 0 Å². The molecule has 1 aliphatic heterocycles. The van der Waals surface area contributed by atoms with E-state index in [1.165, 1.54) is 0 Å². The van der Waals surface area contributed by atoms with E-state index in [0.717, 1.165) is 25.7 Å². The zero-order valence-electron chi connectivity index (χ0n) is 15.7. The molecule has 1 saturated carbocycles. The first-order valence-electron chi connectivity index (χ1n) is 9.16. The molecule has 0 spiro atoms. The van der Waals surface area contributed by atoms with Gasteiger partial charge in [0.25, 0.3) is 0 Å². The van der Waals surface area contributed by atoms with Crippen molar-refractivity contribution in [3.63, 3.8) is 0 Å². The van der Waals surface area contributed by atoms with Gasteiger partial charge in [0.05, 0.1) is 6.04 Å². The molecule has 0 bridgehead atoms. The van der Waals surface area contributed by atoms with Gasteiger partial charge in [-0.05, 0) is 52.4 Å². The number of hydrogen-bond donors (Lipinski definition) is 1. The molecule has 6 nitrogen and oxygen atoms in total. The molecule has 1 saturated heterocycles. The third-order valence-electron chi connectivity index (χ3n) is 4.72. The quantitative estimate of drug-likeness (QED) is 0.853. The van der Waals surface area contributed by atoms with Crippen LogP contribution in [-0.2, 0) is 9.53 Å². The highest BCUT2D eigenvalue weighted by Gasteiger charge is 2.41. The SMILES string of the molecule is CC(C)[C@H](N)C(=O)N1CCC(N(C(=O)OC(C)(C)C)C2CC2)CC1. The Morgan fingerprint density at radius 3 is 2.00 bits per heavy atom. The van der Waals surface area contributed by atoms with E-state index in [9.17, 15) is 9.59 Å². The number of hydrogen-bond acceptors (Lipinski definition) is 4. The molecule has 1 aliphatic carbocycles. The molecule has 24 heavy (non-hydrogen) atoms. The number of piperidine rings is 1. The highest BCUT2D eigenvalue weighted by Crippen LogP contribution is 2.33. The third-order valence-corrected chi connectivity index (χ3v) is 4.72. The molecule has 0 aromatic carbocycles. The van der Waals surface area contributed by atoms with Crippen molar-refractivity contribution in [2.45, 2.75) is 84.0 Å². The fraction of sp³-hybridized carbons (Fsp3) is 0.889. The molecule has 0 aromatic rings. The second kappa shape index (κ2) is 7.30. The lowest BCUT2D eigenvalue weighted by atomic mass is 9.99. The van der Waals surface area contributed by atoms with Crippen LogP contribution < -0.4 is 5.73 Å². The van der Waals surface area contributed by atoms with Crippen LogP contribution in [0.3, 0.4) is 0 Å². The second-order valence-electron chi connectivity index (χ2n) is 8.45. The summed E-state index contributed by atoms with van der Waals surface area (Å²) < 4.78 is 5.58. The predicted molar refractivity (Wildman–Crippen MR) is 93.5 cm³/mol. The summed E-state index contributed by atoms with van der Waals surface area (Å²) in [5.41, 5.74) is 5.50. The Balaban J connectivity index is 1.94. The second-order valence-corrected chi connectivity index (χ2v) is 8.45. The van der Waals surface area contributed by atoms with E-state index in [2.05, 4.69) is 0 Å². The van der Waals surface area contributed by atoms with Gasteiger partial charge in [-0.15, -0.1) is 0 Å². The summed E-state index contributed by atoms with van der Waals surface area (Å²) in [7, 11) is 0. The van der Waals surface area contributed by atoms with Gasteiger partial charge in [0, 0.05) is 25.2 Å². The maximum Gasteiger partial charge on any atom is 0.410 e. The van der Waals surface area contributed by atoms with Crippen molar-refractivity contribution in [1.29, 1.82) is 0 Å². The zero-order chi connectivity index (χ0) is 18.1. The number of likely N-dealkylation sites (tertiary alicyclic amines) is 1. The van der Waals surface area contributed by atoms with Crippen molar-refractivity contribution in [3.05, 3.63) is 0 Å². The van der Waals surface area contributed by atoms with E-state index in [4.69, 9.17) is 10.5 Å². The minimum atomic E-state index is -0.481. The molecular formula is C18H33N3O3. The van der Waals surface area contributed by atoms with Gasteiger partial charge in [-0.25, -0.2) is 4.79 Å². The monoisotopic (exact) mass is 339 g/mol. The van der Waals surface area contributed by atoms with Gasteiger partial charge in [0.2, 0.25) is 5.91 Å². The summed E-state index contributed by atoms with van der Waals surface area (Å²) in [6.45, 7) is 10.9. The van der Waals surface area contributed by atoms with Gasteiger partial charge in [0.1, 0.15) is 5.60 Å². The first-order chi connectivity index (χ1) is 11.1. The Kier molecular flexibility index (Phi) is 5.78. The zero-order valence-corrected chi connectivity index (χ0v) is 15.7. The average molecular weight is 339 g/mol. The lowest BCUT2D eigenvalue weighted by Gasteiger charge is -2.40. The van der Waals surface area contributed by atoms with Crippen LogP contribution in [0.25, 0.3) is 0 Å². The third kappa shape index (κ3) is 4.85. The Hall–Kier alpha value is -1.30. The lowest BCUT2D eigenvalue weighted by Crippen LogP contribution is -2.54. The van der Waals surface area contributed by atoms with Crippen molar-refractivity contribution >= 4 is 12.0 Å². The van der Waals surface area contributed by atoms with Gasteiger partial charge in [0.15, 0.2) is 0 Å². The summed E-state index contributed by atoms with van der Waals surface area (Å²) in [5.74, 6) is 0.165. The van der Waals surface area contributed by atoms with Gasteiger partial charge in [-0.3, -0.25) is 4.79 Å². The standard InChI is InChI=1S/C18H33N3O3/c1-12(2)15(19)16(22)20-10-8-14(9-11-20)21(13-6-7-13)17(23)24-18(3,4)5/h12-15H,6-11,19H2,1-5H3/t15-/m0/s1. The van der Waals surface area contributed by atoms with Crippen LogP contribution in [-0.4, -0.2) is 58.6 Å². The van der Waals surface area contributed by atoms with Crippen LogP contribution in [0.4, 0.5) is 4.79 Å². The fourth-order valence-corrected chi connectivity index (χ4v) is 3.12. The Bertz CT molecular complexity index is 461. The average Bonchev–Trinajstić information content (AvgIpc) is 3.29. The number of ether oxygens (including phenoxy) is 1. The molecule has 1 atom stereocenters. The van der Waals surface area contributed by atoms with Gasteiger partial charge < -0.3 is 20.3 Å².